The number of carbonyl (C=O) groups is 2. The predicted octanol–water partition coefficient (Wildman–Crippen LogP) is 4.61. The zero-order valence-electron chi connectivity index (χ0n) is 15.8. The van der Waals surface area contributed by atoms with E-state index in [1.54, 1.807) is 0 Å². The Morgan fingerprint density at radius 2 is 1.45 bits per heavy atom. The minimum Gasteiger partial charge on any atom is -0.466 e. The van der Waals surface area contributed by atoms with Gasteiger partial charge in [0, 0.05) is 6.42 Å². The van der Waals surface area contributed by atoms with Gasteiger partial charge in [-0.25, -0.2) is 0 Å². The monoisotopic (exact) mass is 316 g/mol. The quantitative estimate of drug-likeness (QED) is 0.614. The number of hydrogen-bond acceptors (Lipinski definition) is 4. The van der Waals surface area contributed by atoms with Crippen molar-refractivity contribution in [3.05, 3.63) is 0 Å². The molecule has 0 saturated carbocycles. The van der Waals surface area contributed by atoms with Crippen molar-refractivity contribution < 1.29 is 19.1 Å². The molecule has 132 valence electrons. The molecule has 0 spiro atoms. The third-order valence-corrected chi connectivity index (χ3v) is 2.90. The van der Waals surface area contributed by atoms with Crippen LogP contribution in [0, 0.1) is 17.8 Å². The number of ether oxygens (including phenoxy) is 2. The van der Waals surface area contributed by atoms with E-state index in [-0.39, 0.29) is 24.0 Å². The Morgan fingerprint density at radius 1 is 0.909 bits per heavy atom. The first-order chi connectivity index (χ1) is 10.1. The summed E-state index contributed by atoms with van der Waals surface area (Å²) in [4.78, 5) is 22.0. The Balaban J connectivity index is 0. The van der Waals surface area contributed by atoms with Gasteiger partial charge in [-0.15, -0.1) is 0 Å². The van der Waals surface area contributed by atoms with Crippen LogP contribution in [0.4, 0.5) is 0 Å². The van der Waals surface area contributed by atoms with E-state index in [0.717, 1.165) is 12.8 Å². The zero-order valence-corrected chi connectivity index (χ0v) is 15.8. The minimum atomic E-state index is -0.0856. The van der Waals surface area contributed by atoms with E-state index in [1.807, 2.05) is 41.5 Å². The van der Waals surface area contributed by atoms with E-state index >= 15 is 0 Å². The van der Waals surface area contributed by atoms with Gasteiger partial charge in [-0.1, -0.05) is 41.5 Å². The van der Waals surface area contributed by atoms with E-state index in [4.69, 9.17) is 9.47 Å². The van der Waals surface area contributed by atoms with Gasteiger partial charge in [0.25, 0.3) is 0 Å². The predicted molar refractivity (Wildman–Crippen MR) is 90.6 cm³/mol. The SMILES string of the molecule is CC(C)CCOC(=O)CC(C)C.CCC(C)C(=O)OC(C)C. The lowest BCUT2D eigenvalue weighted by molar-refractivity contribution is -0.151. The van der Waals surface area contributed by atoms with Crippen LogP contribution in [0.1, 0.15) is 74.7 Å². The Kier molecular flexibility index (Phi) is 14.3. The van der Waals surface area contributed by atoms with E-state index in [0.29, 0.717) is 24.9 Å². The number of hydrogen-bond donors (Lipinski definition) is 0. The van der Waals surface area contributed by atoms with Crippen molar-refractivity contribution in [2.45, 2.75) is 80.8 Å². The Hall–Kier alpha value is -1.06. The molecule has 0 aliphatic rings. The standard InChI is InChI=1S/C10H20O2.C8H16O2/c1-8(2)5-6-12-10(11)7-9(3)4;1-5-7(4)8(9)10-6(2)3/h8-9H,5-7H2,1-4H3;6-7H,5H2,1-4H3. The third-order valence-electron chi connectivity index (χ3n) is 2.90. The second-order valence-corrected chi connectivity index (χ2v) is 6.80. The van der Waals surface area contributed by atoms with E-state index in [1.165, 1.54) is 0 Å². The molecule has 0 aliphatic heterocycles. The normalized spacial score (nSPS) is 12.0. The fraction of sp³-hybridized carbons (Fsp3) is 0.889. The molecular formula is C18H36O4. The molecule has 0 fully saturated rings. The largest absolute Gasteiger partial charge is 0.466 e. The van der Waals surface area contributed by atoms with Crippen molar-refractivity contribution in [1.82, 2.24) is 0 Å². The lowest BCUT2D eigenvalue weighted by atomic mass is 10.1. The van der Waals surface area contributed by atoms with Crippen molar-refractivity contribution in [2.24, 2.45) is 17.8 Å². The highest BCUT2D eigenvalue weighted by atomic mass is 16.5. The Labute approximate surface area is 136 Å². The fourth-order valence-electron chi connectivity index (χ4n) is 1.32. The van der Waals surface area contributed by atoms with Crippen molar-refractivity contribution in [2.75, 3.05) is 6.61 Å². The van der Waals surface area contributed by atoms with Crippen LogP contribution >= 0.6 is 0 Å². The molecule has 0 bridgehead atoms. The summed E-state index contributed by atoms with van der Waals surface area (Å²) < 4.78 is 9.99. The number of esters is 2. The van der Waals surface area contributed by atoms with Gasteiger partial charge in [-0.3, -0.25) is 9.59 Å². The Morgan fingerprint density at radius 3 is 1.82 bits per heavy atom. The maximum atomic E-state index is 11.0. The molecule has 4 nitrogen and oxygen atoms in total. The summed E-state index contributed by atoms with van der Waals surface area (Å²) in [5, 5.41) is 0. The smallest absolute Gasteiger partial charge is 0.308 e. The first-order valence-corrected chi connectivity index (χ1v) is 8.46. The summed E-state index contributed by atoms with van der Waals surface area (Å²) in [5.74, 6) is 0.902. The van der Waals surface area contributed by atoms with Gasteiger partial charge in [-0.05, 0) is 38.5 Å². The molecule has 0 radical (unpaired) electrons. The van der Waals surface area contributed by atoms with Crippen LogP contribution in [0.2, 0.25) is 0 Å². The van der Waals surface area contributed by atoms with Crippen molar-refractivity contribution in [1.29, 1.82) is 0 Å². The number of carbonyl (C=O) groups excluding carboxylic acids is 2. The Bertz CT molecular complexity index is 295. The van der Waals surface area contributed by atoms with Gasteiger partial charge in [-0.2, -0.15) is 0 Å². The molecule has 22 heavy (non-hydrogen) atoms. The van der Waals surface area contributed by atoms with Gasteiger partial charge in [0.15, 0.2) is 0 Å². The van der Waals surface area contributed by atoms with Crippen molar-refractivity contribution >= 4 is 11.9 Å². The molecule has 0 aliphatic carbocycles. The summed E-state index contributed by atoms with van der Waals surface area (Å²) in [7, 11) is 0. The van der Waals surface area contributed by atoms with Gasteiger partial charge in [0.2, 0.25) is 0 Å². The summed E-state index contributed by atoms with van der Waals surface area (Å²) in [6.45, 7) is 16.4. The highest BCUT2D eigenvalue weighted by Gasteiger charge is 2.12. The molecule has 0 amide bonds. The topological polar surface area (TPSA) is 52.6 Å². The molecule has 1 unspecified atom stereocenters. The molecule has 1 atom stereocenters. The van der Waals surface area contributed by atoms with Crippen LogP contribution in [0.25, 0.3) is 0 Å². The molecule has 0 aromatic carbocycles. The van der Waals surface area contributed by atoms with Crippen LogP contribution in [0.3, 0.4) is 0 Å². The molecule has 0 aromatic heterocycles. The number of rotatable bonds is 8. The fourth-order valence-corrected chi connectivity index (χ4v) is 1.32. The minimum absolute atomic E-state index is 0.0153. The summed E-state index contributed by atoms with van der Waals surface area (Å²) in [6, 6.07) is 0. The van der Waals surface area contributed by atoms with Crippen molar-refractivity contribution in [3.8, 4) is 0 Å². The molecule has 0 heterocycles. The zero-order chi connectivity index (χ0) is 17.7. The lowest BCUT2D eigenvalue weighted by Gasteiger charge is -2.11. The van der Waals surface area contributed by atoms with Gasteiger partial charge >= 0.3 is 11.9 Å². The van der Waals surface area contributed by atoms with Crippen molar-refractivity contribution in [3.63, 3.8) is 0 Å². The average molecular weight is 316 g/mol. The maximum Gasteiger partial charge on any atom is 0.308 e. The van der Waals surface area contributed by atoms with Gasteiger partial charge < -0.3 is 9.47 Å². The van der Waals surface area contributed by atoms with Crippen LogP contribution in [0.15, 0.2) is 0 Å². The first kappa shape index (κ1) is 23.2. The first-order valence-electron chi connectivity index (χ1n) is 8.46. The van der Waals surface area contributed by atoms with Gasteiger partial charge in [0.1, 0.15) is 0 Å². The average Bonchev–Trinajstić information content (AvgIpc) is 2.36. The second kappa shape index (κ2) is 13.6. The second-order valence-electron chi connectivity index (χ2n) is 6.80. The van der Waals surface area contributed by atoms with Crippen LogP contribution < -0.4 is 0 Å². The summed E-state index contributed by atoms with van der Waals surface area (Å²) >= 11 is 0. The molecule has 0 saturated heterocycles. The molecule has 0 aromatic rings. The molecule has 0 N–H and O–H groups in total. The van der Waals surface area contributed by atoms with Crippen LogP contribution in [-0.4, -0.2) is 24.6 Å². The highest BCUT2D eigenvalue weighted by molar-refractivity contribution is 5.72. The lowest BCUT2D eigenvalue weighted by Crippen LogP contribution is -2.18. The third kappa shape index (κ3) is 17.0. The molecule has 0 rings (SSSR count). The molecular weight excluding hydrogens is 280 g/mol. The highest BCUT2D eigenvalue weighted by Crippen LogP contribution is 2.05. The molecule has 4 heteroatoms. The van der Waals surface area contributed by atoms with Gasteiger partial charge in [0.05, 0.1) is 18.6 Å². The summed E-state index contributed by atoms with van der Waals surface area (Å²) in [6.07, 6.45) is 2.37. The van der Waals surface area contributed by atoms with E-state index < -0.39 is 0 Å². The van der Waals surface area contributed by atoms with E-state index in [2.05, 4.69) is 13.8 Å². The van der Waals surface area contributed by atoms with Crippen LogP contribution in [0.5, 0.6) is 0 Å². The maximum absolute atomic E-state index is 11.0. The van der Waals surface area contributed by atoms with E-state index in [9.17, 15) is 9.59 Å². The van der Waals surface area contributed by atoms with Crippen LogP contribution in [-0.2, 0) is 19.1 Å². The summed E-state index contributed by atoms with van der Waals surface area (Å²) in [5.41, 5.74) is 0.